The van der Waals surface area contributed by atoms with Crippen molar-refractivity contribution in [1.29, 1.82) is 0 Å². The maximum Gasteiger partial charge on any atom is 0.317 e. The molecule has 3 rings (SSSR count). The number of urea groups is 1. The second-order valence-corrected chi connectivity index (χ2v) is 7.37. The molecule has 0 radical (unpaired) electrons. The molecule has 5 heteroatoms. The quantitative estimate of drug-likeness (QED) is 0.805. The van der Waals surface area contributed by atoms with Crippen LogP contribution in [-0.2, 0) is 6.42 Å². The van der Waals surface area contributed by atoms with E-state index in [9.17, 15) is 4.79 Å². The number of rotatable bonds is 6. The number of carbonyl (C=O) groups excluding carboxylic acids is 1. The van der Waals surface area contributed by atoms with Gasteiger partial charge < -0.3 is 19.7 Å². The average molecular weight is 383 g/mol. The van der Waals surface area contributed by atoms with Gasteiger partial charge in [-0.15, -0.1) is 0 Å². The third-order valence-corrected chi connectivity index (χ3v) is 5.48. The zero-order valence-electron chi connectivity index (χ0n) is 17.2. The fourth-order valence-corrected chi connectivity index (χ4v) is 3.96. The fraction of sp³-hybridized carbons (Fsp3) is 0.435. The van der Waals surface area contributed by atoms with Crippen molar-refractivity contribution in [3.8, 4) is 11.5 Å². The number of methoxy groups -OCH3 is 2. The van der Waals surface area contributed by atoms with Crippen LogP contribution in [0.4, 0.5) is 4.79 Å². The maximum atomic E-state index is 12.9. The lowest BCUT2D eigenvalue weighted by Crippen LogP contribution is -2.40. The Morgan fingerprint density at radius 1 is 1.14 bits per heavy atom. The van der Waals surface area contributed by atoms with Crippen LogP contribution < -0.4 is 14.8 Å². The van der Waals surface area contributed by atoms with Crippen molar-refractivity contribution < 1.29 is 14.3 Å². The van der Waals surface area contributed by atoms with Crippen molar-refractivity contribution in [2.45, 2.75) is 39.2 Å². The van der Waals surface area contributed by atoms with E-state index in [0.717, 1.165) is 42.9 Å². The van der Waals surface area contributed by atoms with Gasteiger partial charge in [-0.3, -0.25) is 0 Å². The molecule has 2 aromatic rings. The number of nitrogens with one attached hydrogen (secondary N) is 1. The predicted molar refractivity (Wildman–Crippen MR) is 111 cm³/mol. The van der Waals surface area contributed by atoms with Gasteiger partial charge in [0.2, 0.25) is 0 Å². The average Bonchev–Trinajstić information content (AvgIpc) is 3.18. The third-order valence-electron chi connectivity index (χ3n) is 5.48. The van der Waals surface area contributed by atoms with E-state index in [4.69, 9.17) is 9.47 Å². The Balaban J connectivity index is 1.66. The van der Waals surface area contributed by atoms with E-state index in [2.05, 4.69) is 37.4 Å². The van der Waals surface area contributed by atoms with Crippen LogP contribution in [0.25, 0.3) is 0 Å². The first-order valence-corrected chi connectivity index (χ1v) is 9.86. The Kier molecular flexibility index (Phi) is 6.45. The third kappa shape index (κ3) is 4.41. The molecular formula is C23H30N2O3. The van der Waals surface area contributed by atoms with Crippen LogP contribution in [0.1, 0.15) is 41.1 Å². The molecule has 1 unspecified atom stereocenters. The van der Waals surface area contributed by atoms with Crippen LogP contribution in [0.3, 0.4) is 0 Å². The lowest BCUT2D eigenvalue weighted by molar-refractivity contribution is 0.192. The summed E-state index contributed by atoms with van der Waals surface area (Å²) < 4.78 is 10.9. The Morgan fingerprint density at radius 2 is 1.96 bits per heavy atom. The molecule has 1 saturated heterocycles. The molecule has 150 valence electrons. The molecular weight excluding hydrogens is 352 g/mol. The Morgan fingerprint density at radius 3 is 2.68 bits per heavy atom. The maximum absolute atomic E-state index is 12.9. The summed E-state index contributed by atoms with van der Waals surface area (Å²) in [5.74, 6) is 1.57. The SMILES string of the molecule is COc1ccc(OC)c(C2CCCN2C(=O)NCCc2ccc(C)cc2C)c1. The Bertz CT molecular complexity index is 835. The lowest BCUT2D eigenvalue weighted by Gasteiger charge is -2.27. The van der Waals surface area contributed by atoms with Crippen LogP contribution >= 0.6 is 0 Å². The van der Waals surface area contributed by atoms with Crippen molar-refractivity contribution in [2.24, 2.45) is 0 Å². The first-order valence-electron chi connectivity index (χ1n) is 9.86. The molecule has 0 spiro atoms. The number of aryl methyl sites for hydroxylation is 2. The van der Waals surface area contributed by atoms with Crippen LogP contribution in [0.2, 0.25) is 0 Å². The first kappa shape index (κ1) is 20.1. The summed E-state index contributed by atoms with van der Waals surface area (Å²) >= 11 is 0. The molecule has 0 saturated carbocycles. The smallest absolute Gasteiger partial charge is 0.317 e. The molecule has 1 fully saturated rings. The van der Waals surface area contributed by atoms with Gasteiger partial charge in [0.05, 0.1) is 20.3 Å². The van der Waals surface area contributed by atoms with Gasteiger partial charge in [-0.1, -0.05) is 23.8 Å². The molecule has 5 nitrogen and oxygen atoms in total. The normalized spacial score (nSPS) is 16.1. The number of hydrogen-bond donors (Lipinski definition) is 1. The number of amides is 2. The Hall–Kier alpha value is -2.69. The molecule has 1 N–H and O–H groups in total. The number of ether oxygens (including phenoxy) is 2. The van der Waals surface area contributed by atoms with E-state index in [1.54, 1.807) is 14.2 Å². The fourth-order valence-electron chi connectivity index (χ4n) is 3.96. The van der Waals surface area contributed by atoms with Crippen molar-refractivity contribution in [1.82, 2.24) is 10.2 Å². The molecule has 28 heavy (non-hydrogen) atoms. The van der Waals surface area contributed by atoms with Gasteiger partial charge in [0.15, 0.2) is 0 Å². The number of benzene rings is 2. The van der Waals surface area contributed by atoms with E-state index in [1.165, 1.54) is 16.7 Å². The van der Waals surface area contributed by atoms with E-state index >= 15 is 0 Å². The molecule has 2 aromatic carbocycles. The highest BCUT2D eigenvalue weighted by Crippen LogP contribution is 2.38. The van der Waals surface area contributed by atoms with E-state index in [-0.39, 0.29) is 12.1 Å². The van der Waals surface area contributed by atoms with Gasteiger partial charge in [0.1, 0.15) is 11.5 Å². The summed E-state index contributed by atoms with van der Waals surface area (Å²) in [4.78, 5) is 14.8. The van der Waals surface area contributed by atoms with Gasteiger partial charge in [-0.05, 0) is 62.4 Å². The predicted octanol–water partition coefficient (Wildman–Crippen LogP) is 4.41. The standard InChI is InChI=1S/C23H30N2O3/c1-16-7-8-18(17(2)14-16)11-12-24-23(26)25-13-5-6-21(25)20-15-19(27-3)9-10-22(20)28-4/h7-10,14-15,21H,5-6,11-13H2,1-4H3,(H,24,26). The van der Waals surface area contributed by atoms with Gasteiger partial charge in [0, 0.05) is 18.7 Å². The Labute approximate surface area is 167 Å². The summed E-state index contributed by atoms with van der Waals surface area (Å²) in [5.41, 5.74) is 4.81. The van der Waals surface area contributed by atoms with Crippen molar-refractivity contribution in [3.05, 3.63) is 58.7 Å². The number of likely N-dealkylation sites (tertiary alicyclic amines) is 1. The molecule has 0 bridgehead atoms. The van der Waals surface area contributed by atoms with E-state index < -0.39 is 0 Å². The monoisotopic (exact) mass is 382 g/mol. The second kappa shape index (κ2) is 9.00. The second-order valence-electron chi connectivity index (χ2n) is 7.37. The highest BCUT2D eigenvalue weighted by atomic mass is 16.5. The number of carbonyl (C=O) groups is 1. The summed E-state index contributed by atoms with van der Waals surface area (Å²) in [6.45, 7) is 5.59. The summed E-state index contributed by atoms with van der Waals surface area (Å²) in [6.07, 6.45) is 2.74. The molecule has 0 aromatic heterocycles. The minimum Gasteiger partial charge on any atom is -0.497 e. The van der Waals surface area contributed by atoms with Crippen molar-refractivity contribution in [3.63, 3.8) is 0 Å². The van der Waals surface area contributed by atoms with Crippen LogP contribution in [0.15, 0.2) is 36.4 Å². The van der Waals surface area contributed by atoms with Gasteiger partial charge >= 0.3 is 6.03 Å². The molecule has 1 heterocycles. The largest absolute Gasteiger partial charge is 0.497 e. The minimum absolute atomic E-state index is 0.00570. The molecule has 1 aliphatic heterocycles. The van der Waals surface area contributed by atoms with Crippen molar-refractivity contribution in [2.75, 3.05) is 27.3 Å². The van der Waals surface area contributed by atoms with E-state index in [0.29, 0.717) is 6.54 Å². The van der Waals surface area contributed by atoms with Crippen LogP contribution in [-0.4, -0.2) is 38.2 Å². The summed E-state index contributed by atoms with van der Waals surface area (Å²) in [5, 5.41) is 3.10. The highest BCUT2D eigenvalue weighted by Gasteiger charge is 2.32. The van der Waals surface area contributed by atoms with Crippen LogP contribution in [0.5, 0.6) is 11.5 Å². The van der Waals surface area contributed by atoms with Gasteiger partial charge in [0.25, 0.3) is 0 Å². The van der Waals surface area contributed by atoms with Crippen LogP contribution in [0, 0.1) is 13.8 Å². The topological polar surface area (TPSA) is 50.8 Å². The molecule has 0 aliphatic carbocycles. The van der Waals surface area contributed by atoms with Gasteiger partial charge in [-0.25, -0.2) is 4.79 Å². The highest BCUT2D eigenvalue weighted by molar-refractivity contribution is 5.75. The summed E-state index contributed by atoms with van der Waals surface area (Å²) in [7, 11) is 3.31. The minimum atomic E-state index is -0.0165. The molecule has 1 atom stereocenters. The molecule has 2 amide bonds. The summed E-state index contributed by atoms with van der Waals surface area (Å²) in [6, 6.07) is 12.2. The van der Waals surface area contributed by atoms with E-state index in [1.807, 2.05) is 23.1 Å². The first-order chi connectivity index (χ1) is 13.5. The zero-order chi connectivity index (χ0) is 20.1. The van der Waals surface area contributed by atoms with Crippen molar-refractivity contribution >= 4 is 6.03 Å². The lowest BCUT2D eigenvalue weighted by atomic mass is 10.0. The molecule has 1 aliphatic rings. The van der Waals surface area contributed by atoms with Gasteiger partial charge in [-0.2, -0.15) is 0 Å². The number of nitrogens with zero attached hydrogens (tertiary/aromatic N) is 1. The number of hydrogen-bond acceptors (Lipinski definition) is 3. The zero-order valence-corrected chi connectivity index (χ0v) is 17.2.